The Labute approximate surface area is 163 Å². The Morgan fingerprint density at radius 1 is 1.07 bits per heavy atom. The molecule has 1 aromatic carbocycles. The van der Waals surface area contributed by atoms with Crippen LogP contribution in [0, 0.1) is 20.8 Å². The third kappa shape index (κ3) is 4.53. The molecule has 1 aliphatic heterocycles. The van der Waals surface area contributed by atoms with Crippen LogP contribution in [0.4, 0.5) is 5.69 Å². The normalized spacial score (nSPS) is 15.2. The molecule has 146 valence electrons. The summed E-state index contributed by atoms with van der Waals surface area (Å²) >= 11 is 0. The van der Waals surface area contributed by atoms with Crippen LogP contribution in [0.2, 0.25) is 0 Å². The summed E-state index contributed by atoms with van der Waals surface area (Å²) in [5, 5.41) is 3.05. The van der Waals surface area contributed by atoms with Crippen molar-refractivity contribution < 1.29 is 4.79 Å². The van der Waals surface area contributed by atoms with Crippen LogP contribution in [0.5, 0.6) is 0 Å². The molecular weight excluding hydrogens is 336 g/mol. The predicted octanol–water partition coefficient (Wildman–Crippen LogP) is 2.89. The van der Waals surface area contributed by atoms with Gasteiger partial charge in [-0.05, 0) is 57.0 Å². The first-order chi connectivity index (χ1) is 13.0. The molecule has 1 aliphatic rings. The highest BCUT2D eigenvalue weighted by molar-refractivity contribution is 5.95. The molecule has 27 heavy (non-hydrogen) atoms. The van der Waals surface area contributed by atoms with Crippen molar-refractivity contribution in [3.8, 4) is 0 Å². The van der Waals surface area contributed by atoms with E-state index in [1.54, 1.807) is 0 Å². The molecule has 1 aromatic heterocycles. The van der Waals surface area contributed by atoms with Gasteiger partial charge in [0.1, 0.15) is 0 Å². The Kier molecular flexibility index (Phi) is 6.22. The summed E-state index contributed by atoms with van der Waals surface area (Å²) in [7, 11) is 1.96. The molecular formula is C22H32N4O. The SMILES string of the molecule is Cc1cccc(N2CCN(CCCNC(=O)c3ccn(C)c3C)CC2)c1C. The molecule has 0 bridgehead atoms. The first kappa shape index (κ1) is 19.5. The van der Waals surface area contributed by atoms with E-state index in [2.05, 4.69) is 47.2 Å². The highest BCUT2D eigenvalue weighted by Gasteiger charge is 2.18. The Morgan fingerprint density at radius 2 is 1.81 bits per heavy atom. The summed E-state index contributed by atoms with van der Waals surface area (Å²) < 4.78 is 1.98. The molecule has 5 heteroatoms. The van der Waals surface area contributed by atoms with Crippen molar-refractivity contribution >= 4 is 11.6 Å². The van der Waals surface area contributed by atoms with E-state index in [0.29, 0.717) is 0 Å². The van der Waals surface area contributed by atoms with E-state index < -0.39 is 0 Å². The van der Waals surface area contributed by atoms with Gasteiger partial charge in [0, 0.05) is 57.3 Å². The third-order valence-electron chi connectivity index (χ3n) is 5.85. The quantitative estimate of drug-likeness (QED) is 0.797. The highest BCUT2D eigenvalue weighted by atomic mass is 16.1. The Hall–Kier alpha value is -2.27. The molecule has 2 aromatic rings. The van der Waals surface area contributed by atoms with E-state index >= 15 is 0 Å². The van der Waals surface area contributed by atoms with Gasteiger partial charge < -0.3 is 14.8 Å². The zero-order chi connectivity index (χ0) is 19.4. The van der Waals surface area contributed by atoms with Crippen LogP contribution in [0.25, 0.3) is 0 Å². The largest absolute Gasteiger partial charge is 0.369 e. The third-order valence-corrected chi connectivity index (χ3v) is 5.85. The number of aryl methyl sites for hydroxylation is 2. The van der Waals surface area contributed by atoms with Gasteiger partial charge in [-0.3, -0.25) is 9.69 Å². The van der Waals surface area contributed by atoms with Crippen LogP contribution in [0.3, 0.4) is 0 Å². The number of aromatic nitrogens is 1. The number of carbonyl (C=O) groups excluding carboxylic acids is 1. The molecule has 3 rings (SSSR count). The average molecular weight is 369 g/mol. The van der Waals surface area contributed by atoms with E-state index in [9.17, 15) is 4.79 Å². The second-order valence-electron chi connectivity index (χ2n) is 7.58. The van der Waals surface area contributed by atoms with Crippen molar-refractivity contribution in [1.29, 1.82) is 0 Å². The number of anilines is 1. The fraction of sp³-hybridized carbons (Fsp3) is 0.500. The van der Waals surface area contributed by atoms with Crippen LogP contribution >= 0.6 is 0 Å². The average Bonchev–Trinajstić information content (AvgIpc) is 3.00. The van der Waals surface area contributed by atoms with Gasteiger partial charge in [0.2, 0.25) is 0 Å². The van der Waals surface area contributed by atoms with Crippen LogP contribution in [-0.2, 0) is 7.05 Å². The van der Waals surface area contributed by atoms with Crippen molar-refractivity contribution in [2.24, 2.45) is 7.05 Å². The summed E-state index contributed by atoms with van der Waals surface area (Å²) in [5.41, 5.74) is 5.92. The smallest absolute Gasteiger partial charge is 0.253 e. The van der Waals surface area contributed by atoms with Crippen LogP contribution in [-0.4, -0.2) is 54.6 Å². The standard InChI is InChI=1S/C22H32N4O/c1-17-7-5-8-21(18(17)2)26-15-13-25(14-16-26)11-6-10-23-22(27)20-9-12-24(4)19(20)3/h5,7-9,12H,6,10-11,13-16H2,1-4H3,(H,23,27). The maximum Gasteiger partial charge on any atom is 0.253 e. The van der Waals surface area contributed by atoms with Gasteiger partial charge in [0.15, 0.2) is 0 Å². The van der Waals surface area contributed by atoms with Crippen molar-refractivity contribution in [1.82, 2.24) is 14.8 Å². The lowest BCUT2D eigenvalue weighted by Crippen LogP contribution is -2.47. The molecule has 0 unspecified atom stereocenters. The fourth-order valence-corrected chi connectivity index (χ4v) is 3.74. The minimum absolute atomic E-state index is 0.0350. The first-order valence-electron chi connectivity index (χ1n) is 9.91. The lowest BCUT2D eigenvalue weighted by atomic mass is 10.1. The second kappa shape index (κ2) is 8.61. The van der Waals surface area contributed by atoms with Crippen LogP contribution in [0.15, 0.2) is 30.5 Å². The number of hydrogen-bond acceptors (Lipinski definition) is 3. The van der Waals surface area contributed by atoms with Gasteiger partial charge in [0.05, 0.1) is 5.56 Å². The minimum Gasteiger partial charge on any atom is -0.369 e. The zero-order valence-electron chi connectivity index (χ0n) is 17.1. The molecule has 1 fully saturated rings. The van der Waals surface area contributed by atoms with E-state index in [1.165, 1.54) is 16.8 Å². The summed E-state index contributed by atoms with van der Waals surface area (Å²) in [6, 6.07) is 8.46. The molecule has 1 amide bonds. The van der Waals surface area contributed by atoms with E-state index in [0.717, 1.165) is 56.9 Å². The highest BCUT2D eigenvalue weighted by Crippen LogP contribution is 2.23. The predicted molar refractivity (Wildman–Crippen MR) is 112 cm³/mol. The first-order valence-corrected chi connectivity index (χ1v) is 9.91. The fourth-order valence-electron chi connectivity index (χ4n) is 3.74. The van der Waals surface area contributed by atoms with E-state index in [1.807, 2.05) is 30.8 Å². The summed E-state index contributed by atoms with van der Waals surface area (Å²) in [6.07, 6.45) is 2.92. The molecule has 5 nitrogen and oxygen atoms in total. The lowest BCUT2D eigenvalue weighted by molar-refractivity contribution is 0.0951. The van der Waals surface area contributed by atoms with E-state index in [-0.39, 0.29) is 5.91 Å². The van der Waals surface area contributed by atoms with Gasteiger partial charge in [-0.2, -0.15) is 0 Å². The zero-order valence-corrected chi connectivity index (χ0v) is 17.1. The van der Waals surface area contributed by atoms with Gasteiger partial charge in [-0.25, -0.2) is 0 Å². The molecule has 0 atom stereocenters. The maximum atomic E-state index is 12.2. The van der Waals surface area contributed by atoms with Gasteiger partial charge in [-0.15, -0.1) is 0 Å². The second-order valence-corrected chi connectivity index (χ2v) is 7.58. The Morgan fingerprint density at radius 3 is 2.48 bits per heavy atom. The molecule has 1 N–H and O–H groups in total. The van der Waals surface area contributed by atoms with Crippen molar-refractivity contribution in [2.45, 2.75) is 27.2 Å². The number of carbonyl (C=O) groups is 1. The monoisotopic (exact) mass is 368 g/mol. The summed E-state index contributed by atoms with van der Waals surface area (Å²) in [5.74, 6) is 0.0350. The van der Waals surface area contributed by atoms with Gasteiger partial charge >= 0.3 is 0 Å². The molecule has 1 saturated heterocycles. The van der Waals surface area contributed by atoms with Crippen LogP contribution < -0.4 is 10.2 Å². The lowest BCUT2D eigenvalue weighted by Gasteiger charge is -2.37. The Balaban J connectivity index is 1.39. The molecule has 0 radical (unpaired) electrons. The molecule has 0 saturated carbocycles. The molecule has 0 aliphatic carbocycles. The van der Waals surface area contributed by atoms with Crippen molar-refractivity contribution in [3.05, 3.63) is 52.8 Å². The maximum absolute atomic E-state index is 12.2. The summed E-state index contributed by atoms with van der Waals surface area (Å²) in [6.45, 7) is 12.4. The minimum atomic E-state index is 0.0350. The summed E-state index contributed by atoms with van der Waals surface area (Å²) in [4.78, 5) is 17.2. The number of piperazine rings is 1. The van der Waals surface area contributed by atoms with Gasteiger partial charge in [0.25, 0.3) is 5.91 Å². The topological polar surface area (TPSA) is 40.5 Å². The number of amides is 1. The Bertz CT molecular complexity index is 788. The van der Waals surface area contributed by atoms with Gasteiger partial charge in [-0.1, -0.05) is 12.1 Å². The van der Waals surface area contributed by atoms with Crippen molar-refractivity contribution in [2.75, 3.05) is 44.2 Å². The number of nitrogens with zero attached hydrogens (tertiary/aromatic N) is 3. The van der Waals surface area contributed by atoms with Crippen LogP contribution in [0.1, 0.15) is 33.6 Å². The molecule has 0 spiro atoms. The number of nitrogens with one attached hydrogen (secondary N) is 1. The molecule has 2 heterocycles. The number of benzene rings is 1. The van der Waals surface area contributed by atoms with E-state index in [4.69, 9.17) is 0 Å². The number of hydrogen-bond donors (Lipinski definition) is 1. The number of rotatable bonds is 6. The van der Waals surface area contributed by atoms with Crippen molar-refractivity contribution in [3.63, 3.8) is 0 Å².